The van der Waals surface area contributed by atoms with Gasteiger partial charge in [0.2, 0.25) is 0 Å². The Morgan fingerprint density at radius 1 is 0.857 bits per heavy atom. The second kappa shape index (κ2) is 4.08. The van der Waals surface area contributed by atoms with Gasteiger partial charge < -0.3 is 5.11 Å². The minimum absolute atomic E-state index is 0.373. The highest BCUT2D eigenvalue weighted by atomic mass is 16.3. The fraction of sp³-hybridized carbons (Fsp3) is 1.00. The van der Waals surface area contributed by atoms with E-state index in [1.807, 2.05) is 0 Å². The van der Waals surface area contributed by atoms with Gasteiger partial charge in [0.25, 0.3) is 0 Å². The molecule has 1 spiro atoms. The zero-order valence-corrected chi connectivity index (χ0v) is 14.5. The summed E-state index contributed by atoms with van der Waals surface area (Å²) in [5, 5.41) is 10.9. The lowest BCUT2D eigenvalue weighted by Gasteiger charge is -2.64. The molecular formula is C20H34O. The average molecular weight is 290 g/mol. The molecule has 2 bridgehead atoms. The third-order valence-corrected chi connectivity index (χ3v) is 8.79. The number of aliphatic hydroxyl groups is 1. The van der Waals surface area contributed by atoms with E-state index in [9.17, 15) is 5.11 Å². The Morgan fingerprint density at radius 2 is 1.62 bits per heavy atom. The fourth-order valence-electron chi connectivity index (χ4n) is 8.12. The van der Waals surface area contributed by atoms with Gasteiger partial charge in [-0.05, 0) is 92.3 Å². The highest BCUT2D eigenvalue weighted by molar-refractivity contribution is 5.15. The highest BCUT2D eigenvalue weighted by Gasteiger charge is 2.65. The van der Waals surface area contributed by atoms with Crippen molar-refractivity contribution in [2.75, 3.05) is 0 Å². The molecule has 0 aromatic carbocycles. The lowest BCUT2D eigenvalue weighted by atomic mass is 9.41. The first kappa shape index (κ1) is 14.5. The molecule has 0 heterocycles. The van der Waals surface area contributed by atoms with Crippen LogP contribution in [0.25, 0.3) is 0 Å². The van der Waals surface area contributed by atoms with Gasteiger partial charge in [-0.25, -0.2) is 0 Å². The van der Waals surface area contributed by atoms with Gasteiger partial charge in [0, 0.05) is 0 Å². The van der Waals surface area contributed by atoms with Crippen molar-refractivity contribution in [2.24, 2.45) is 34.0 Å². The molecule has 0 aliphatic heterocycles. The van der Waals surface area contributed by atoms with Crippen LogP contribution in [0.2, 0.25) is 0 Å². The predicted octanol–water partition coefficient (Wildman–Crippen LogP) is 5.17. The van der Waals surface area contributed by atoms with Gasteiger partial charge in [-0.2, -0.15) is 0 Å². The molecule has 0 amide bonds. The van der Waals surface area contributed by atoms with E-state index in [-0.39, 0.29) is 5.60 Å². The van der Waals surface area contributed by atoms with Gasteiger partial charge in [0.15, 0.2) is 0 Å². The third kappa shape index (κ3) is 1.79. The Kier molecular flexibility index (Phi) is 2.82. The molecule has 120 valence electrons. The number of hydrogen-bond acceptors (Lipinski definition) is 1. The summed E-state index contributed by atoms with van der Waals surface area (Å²) in [7, 11) is 0. The van der Waals surface area contributed by atoms with Crippen LogP contribution in [0.5, 0.6) is 0 Å². The molecule has 4 aliphatic carbocycles. The number of hydrogen-bond donors (Lipinski definition) is 1. The Bertz CT molecular complexity index is 451. The minimum Gasteiger partial charge on any atom is -0.390 e. The molecule has 4 rings (SSSR count). The average Bonchev–Trinajstić information content (AvgIpc) is 2.53. The molecule has 0 saturated heterocycles. The monoisotopic (exact) mass is 290 g/mol. The smallest absolute Gasteiger partial charge is 0.0653 e. The van der Waals surface area contributed by atoms with E-state index in [1.54, 1.807) is 0 Å². The van der Waals surface area contributed by atoms with Crippen LogP contribution in [0.1, 0.15) is 85.5 Å². The van der Waals surface area contributed by atoms with Gasteiger partial charge in [0.05, 0.1) is 5.60 Å². The molecule has 6 atom stereocenters. The van der Waals surface area contributed by atoms with Crippen LogP contribution in [0.4, 0.5) is 0 Å². The van der Waals surface area contributed by atoms with Crippen molar-refractivity contribution in [1.29, 1.82) is 0 Å². The SMILES string of the molecule is CC1(C)CCCC2(C)C1CCC13CC(CCC12)C(C)(O)C3. The molecule has 6 unspecified atom stereocenters. The van der Waals surface area contributed by atoms with Gasteiger partial charge in [-0.15, -0.1) is 0 Å². The summed E-state index contributed by atoms with van der Waals surface area (Å²) in [5.74, 6) is 2.38. The Labute approximate surface area is 130 Å². The van der Waals surface area contributed by atoms with Crippen molar-refractivity contribution >= 4 is 0 Å². The molecule has 1 nitrogen and oxygen atoms in total. The zero-order chi connectivity index (χ0) is 15.1. The van der Waals surface area contributed by atoms with Crippen molar-refractivity contribution in [3.05, 3.63) is 0 Å². The van der Waals surface area contributed by atoms with E-state index in [4.69, 9.17) is 0 Å². The van der Waals surface area contributed by atoms with Crippen molar-refractivity contribution in [3.8, 4) is 0 Å². The van der Waals surface area contributed by atoms with Crippen molar-refractivity contribution in [2.45, 2.75) is 91.1 Å². The Hall–Kier alpha value is -0.0400. The van der Waals surface area contributed by atoms with E-state index in [2.05, 4.69) is 27.7 Å². The Balaban J connectivity index is 1.73. The quantitative estimate of drug-likeness (QED) is 0.652. The second-order valence-corrected chi connectivity index (χ2v) is 10.4. The summed E-state index contributed by atoms with van der Waals surface area (Å²) < 4.78 is 0. The summed E-state index contributed by atoms with van der Waals surface area (Å²) >= 11 is 0. The van der Waals surface area contributed by atoms with E-state index < -0.39 is 0 Å². The van der Waals surface area contributed by atoms with Crippen molar-refractivity contribution in [3.63, 3.8) is 0 Å². The molecule has 0 aromatic heterocycles. The van der Waals surface area contributed by atoms with Crippen LogP contribution in [-0.4, -0.2) is 10.7 Å². The Morgan fingerprint density at radius 3 is 2.38 bits per heavy atom. The number of rotatable bonds is 0. The van der Waals surface area contributed by atoms with E-state index in [1.165, 1.54) is 51.4 Å². The first-order valence-corrected chi connectivity index (χ1v) is 9.42. The third-order valence-electron chi connectivity index (χ3n) is 8.79. The van der Waals surface area contributed by atoms with Gasteiger partial charge in [-0.3, -0.25) is 0 Å². The number of fused-ring (bicyclic) bond motifs is 3. The predicted molar refractivity (Wildman–Crippen MR) is 87.0 cm³/mol. The minimum atomic E-state index is -0.373. The molecule has 0 aromatic rings. The highest BCUT2D eigenvalue weighted by Crippen LogP contribution is 2.72. The summed E-state index contributed by atoms with van der Waals surface area (Å²) in [5.41, 5.74) is 1.20. The summed E-state index contributed by atoms with van der Waals surface area (Å²) in [4.78, 5) is 0. The van der Waals surface area contributed by atoms with Crippen LogP contribution < -0.4 is 0 Å². The van der Waals surface area contributed by atoms with Gasteiger partial charge >= 0.3 is 0 Å². The fourth-order valence-corrected chi connectivity index (χ4v) is 8.12. The summed E-state index contributed by atoms with van der Waals surface area (Å²) in [6.07, 6.45) is 12.2. The standard InChI is InChI=1S/C20H34O/c1-17(2)9-5-10-18(3)15(17)8-11-20-12-14(6-7-16(18)20)19(4,21)13-20/h14-16,21H,5-13H2,1-4H3. The molecule has 4 aliphatic rings. The first-order valence-electron chi connectivity index (χ1n) is 9.42. The maximum absolute atomic E-state index is 10.9. The zero-order valence-electron chi connectivity index (χ0n) is 14.5. The molecular weight excluding hydrogens is 256 g/mol. The second-order valence-electron chi connectivity index (χ2n) is 10.4. The van der Waals surface area contributed by atoms with Crippen molar-refractivity contribution in [1.82, 2.24) is 0 Å². The largest absolute Gasteiger partial charge is 0.390 e. The maximum atomic E-state index is 10.9. The topological polar surface area (TPSA) is 20.2 Å². The molecule has 4 fully saturated rings. The van der Waals surface area contributed by atoms with Crippen LogP contribution in [-0.2, 0) is 0 Å². The first-order chi connectivity index (χ1) is 9.70. The van der Waals surface area contributed by atoms with Crippen LogP contribution >= 0.6 is 0 Å². The molecule has 1 N–H and O–H groups in total. The lowest BCUT2D eigenvalue weighted by molar-refractivity contribution is -0.145. The lowest BCUT2D eigenvalue weighted by Crippen LogP contribution is -2.55. The van der Waals surface area contributed by atoms with E-state index in [0.717, 1.165) is 18.3 Å². The molecule has 21 heavy (non-hydrogen) atoms. The summed E-state index contributed by atoms with van der Waals surface area (Å²) in [6, 6.07) is 0. The van der Waals surface area contributed by atoms with Gasteiger partial charge in [-0.1, -0.05) is 27.2 Å². The van der Waals surface area contributed by atoms with Crippen LogP contribution in [0.3, 0.4) is 0 Å². The van der Waals surface area contributed by atoms with Crippen molar-refractivity contribution < 1.29 is 5.11 Å². The molecule has 4 saturated carbocycles. The summed E-state index contributed by atoms with van der Waals surface area (Å²) in [6.45, 7) is 9.83. The molecule has 0 radical (unpaired) electrons. The van der Waals surface area contributed by atoms with E-state index in [0.29, 0.717) is 22.2 Å². The van der Waals surface area contributed by atoms with Crippen LogP contribution in [0.15, 0.2) is 0 Å². The van der Waals surface area contributed by atoms with Gasteiger partial charge in [0.1, 0.15) is 0 Å². The van der Waals surface area contributed by atoms with Crippen LogP contribution in [0, 0.1) is 34.0 Å². The molecule has 1 heteroatoms. The van der Waals surface area contributed by atoms with E-state index >= 15 is 0 Å². The normalized spacial score (nSPS) is 58.4. The maximum Gasteiger partial charge on any atom is 0.0653 e.